The van der Waals surface area contributed by atoms with Crippen LogP contribution in [0, 0.1) is 18.3 Å². The van der Waals surface area contributed by atoms with E-state index in [0.29, 0.717) is 28.7 Å². The first-order valence-corrected chi connectivity index (χ1v) is 11.6. The molecule has 0 unspecified atom stereocenters. The van der Waals surface area contributed by atoms with Crippen LogP contribution in [0.3, 0.4) is 0 Å². The van der Waals surface area contributed by atoms with Gasteiger partial charge in [-0.1, -0.05) is 12.0 Å². The van der Waals surface area contributed by atoms with Crippen molar-refractivity contribution in [3.63, 3.8) is 0 Å². The molecular weight excluding hydrogens is 414 g/mol. The first-order chi connectivity index (χ1) is 16.2. The fraction of sp³-hybridized carbons (Fsp3) is 0.400. The molecule has 3 heterocycles. The van der Waals surface area contributed by atoms with Gasteiger partial charge in [0, 0.05) is 36.3 Å². The van der Waals surface area contributed by atoms with Crippen molar-refractivity contribution in [1.82, 2.24) is 24.8 Å². The number of anilines is 3. The van der Waals surface area contributed by atoms with Gasteiger partial charge in [0.1, 0.15) is 17.4 Å². The van der Waals surface area contributed by atoms with Gasteiger partial charge in [0.05, 0.1) is 6.20 Å². The van der Waals surface area contributed by atoms with E-state index in [2.05, 4.69) is 31.5 Å². The van der Waals surface area contributed by atoms with Crippen LogP contribution >= 0.6 is 0 Å². The van der Waals surface area contributed by atoms with Gasteiger partial charge < -0.3 is 15.5 Å². The summed E-state index contributed by atoms with van der Waals surface area (Å²) in [4.78, 5) is 32.6. The molecule has 2 aromatic heterocycles. The molecule has 1 aliphatic heterocycles. The van der Waals surface area contributed by atoms with Crippen molar-refractivity contribution in [1.29, 1.82) is 0 Å². The van der Waals surface area contributed by atoms with Gasteiger partial charge in [-0.3, -0.25) is 4.79 Å². The molecule has 2 fully saturated rings. The molecule has 168 valence electrons. The number of aromatic nitrogens is 4. The third-order valence-corrected chi connectivity index (χ3v) is 6.50. The molecule has 1 amide bonds. The lowest BCUT2D eigenvalue weighted by molar-refractivity contribution is -0.135. The SMILES string of the molecule is C#Cc1cccc(Nc2ncnc3cnc(NC4CCC(C(=O)N5CCCC5)CC4)nc23)c1. The van der Waals surface area contributed by atoms with Crippen LogP contribution in [0.4, 0.5) is 17.5 Å². The topological polar surface area (TPSA) is 95.9 Å². The molecule has 1 aliphatic carbocycles. The van der Waals surface area contributed by atoms with E-state index in [0.717, 1.165) is 62.9 Å². The van der Waals surface area contributed by atoms with Crippen molar-refractivity contribution in [3.05, 3.63) is 42.4 Å². The summed E-state index contributed by atoms with van der Waals surface area (Å²) in [7, 11) is 0. The highest BCUT2D eigenvalue weighted by Crippen LogP contribution is 2.29. The summed E-state index contributed by atoms with van der Waals surface area (Å²) >= 11 is 0. The van der Waals surface area contributed by atoms with E-state index in [4.69, 9.17) is 11.4 Å². The Morgan fingerprint density at radius 2 is 1.91 bits per heavy atom. The van der Waals surface area contributed by atoms with Crippen LogP contribution in [0.1, 0.15) is 44.1 Å². The van der Waals surface area contributed by atoms with Gasteiger partial charge in [-0.05, 0) is 56.7 Å². The lowest BCUT2D eigenvalue weighted by Crippen LogP contribution is -2.37. The van der Waals surface area contributed by atoms with E-state index in [-0.39, 0.29) is 12.0 Å². The van der Waals surface area contributed by atoms with Crippen molar-refractivity contribution >= 4 is 34.4 Å². The molecule has 0 radical (unpaired) electrons. The Labute approximate surface area is 193 Å². The number of hydrogen-bond donors (Lipinski definition) is 2. The van der Waals surface area contributed by atoms with Gasteiger partial charge in [0.15, 0.2) is 5.82 Å². The maximum Gasteiger partial charge on any atom is 0.225 e. The molecule has 33 heavy (non-hydrogen) atoms. The number of amides is 1. The van der Waals surface area contributed by atoms with E-state index in [1.807, 2.05) is 29.2 Å². The minimum atomic E-state index is 0.154. The number of nitrogens with one attached hydrogen (secondary N) is 2. The number of fused-ring (bicyclic) bond motifs is 1. The highest BCUT2D eigenvalue weighted by atomic mass is 16.2. The molecule has 0 spiro atoms. The molecule has 8 nitrogen and oxygen atoms in total. The zero-order valence-corrected chi connectivity index (χ0v) is 18.5. The molecule has 2 N–H and O–H groups in total. The fourth-order valence-electron chi connectivity index (χ4n) is 4.70. The molecule has 1 saturated heterocycles. The second-order valence-corrected chi connectivity index (χ2v) is 8.73. The standard InChI is InChI=1S/C25H27N7O/c1-2-17-6-5-7-20(14-17)29-23-22-21(27-16-28-23)15-26-25(31-22)30-19-10-8-18(9-11-19)24(33)32-12-3-4-13-32/h1,5-7,14-16,18-19H,3-4,8-13H2,(H,26,30,31)(H,27,28,29). The minimum absolute atomic E-state index is 0.154. The molecule has 1 saturated carbocycles. The maximum atomic E-state index is 12.7. The first-order valence-electron chi connectivity index (χ1n) is 11.6. The van der Waals surface area contributed by atoms with Gasteiger partial charge in [0.25, 0.3) is 0 Å². The molecular formula is C25H27N7O. The van der Waals surface area contributed by atoms with Gasteiger partial charge in [-0.15, -0.1) is 6.42 Å². The number of carbonyl (C=O) groups is 1. The lowest BCUT2D eigenvalue weighted by atomic mass is 9.85. The fourth-order valence-corrected chi connectivity index (χ4v) is 4.70. The summed E-state index contributed by atoms with van der Waals surface area (Å²) < 4.78 is 0. The Hall–Kier alpha value is -3.73. The van der Waals surface area contributed by atoms with Gasteiger partial charge >= 0.3 is 0 Å². The zero-order valence-electron chi connectivity index (χ0n) is 18.5. The average Bonchev–Trinajstić information content (AvgIpc) is 3.40. The van der Waals surface area contributed by atoms with Gasteiger partial charge in [-0.2, -0.15) is 0 Å². The number of rotatable bonds is 5. The first kappa shape index (κ1) is 21.1. The molecule has 0 atom stereocenters. The number of likely N-dealkylation sites (tertiary alicyclic amines) is 1. The van der Waals surface area contributed by atoms with Crippen molar-refractivity contribution in [2.24, 2.45) is 5.92 Å². The van der Waals surface area contributed by atoms with Gasteiger partial charge in [0.2, 0.25) is 11.9 Å². The average molecular weight is 442 g/mol. The van der Waals surface area contributed by atoms with E-state index >= 15 is 0 Å². The van der Waals surface area contributed by atoms with Crippen LogP contribution in [0.25, 0.3) is 11.0 Å². The predicted molar refractivity (Wildman–Crippen MR) is 128 cm³/mol. The Kier molecular flexibility index (Phi) is 6.03. The molecule has 1 aromatic carbocycles. The number of hydrogen-bond acceptors (Lipinski definition) is 7. The Morgan fingerprint density at radius 1 is 1.09 bits per heavy atom. The molecule has 3 aromatic rings. The predicted octanol–water partition coefficient (Wildman–Crippen LogP) is 3.74. The largest absolute Gasteiger partial charge is 0.351 e. The third-order valence-electron chi connectivity index (χ3n) is 6.50. The van der Waals surface area contributed by atoms with E-state index < -0.39 is 0 Å². The maximum absolute atomic E-state index is 12.7. The number of carbonyl (C=O) groups excluding carboxylic acids is 1. The van der Waals surface area contributed by atoms with E-state index in [9.17, 15) is 4.79 Å². The minimum Gasteiger partial charge on any atom is -0.351 e. The Balaban J connectivity index is 1.27. The quantitative estimate of drug-likeness (QED) is 0.582. The summed E-state index contributed by atoms with van der Waals surface area (Å²) in [5, 5.41) is 6.74. The Bertz CT molecular complexity index is 1190. The van der Waals surface area contributed by atoms with Crippen LogP contribution in [-0.4, -0.2) is 49.9 Å². The second-order valence-electron chi connectivity index (χ2n) is 8.73. The number of benzene rings is 1. The normalized spacial score (nSPS) is 20.4. The summed E-state index contributed by atoms with van der Waals surface area (Å²) in [6.07, 6.45) is 14.7. The molecule has 2 aliphatic rings. The van der Waals surface area contributed by atoms with Crippen LogP contribution in [0.2, 0.25) is 0 Å². The van der Waals surface area contributed by atoms with Crippen LogP contribution in [0.15, 0.2) is 36.8 Å². The number of terminal acetylenes is 1. The Morgan fingerprint density at radius 3 is 2.70 bits per heavy atom. The summed E-state index contributed by atoms with van der Waals surface area (Å²) in [6.45, 7) is 1.85. The van der Waals surface area contributed by atoms with Crippen LogP contribution in [0.5, 0.6) is 0 Å². The third kappa shape index (κ3) is 4.72. The molecule has 0 bridgehead atoms. The lowest BCUT2D eigenvalue weighted by Gasteiger charge is -2.30. The van der Waals surface area contributed by atoms with Gasteiger partial charge in [-0.25, -0.2) is 19.9 Å². The van der Waals surface area contributed by atoms with E-state index in [1.165, 1.54) is 6.33 Å². The van der Waals surface area contributed by atoms with Crippen LogP contribution in [-0.2, 0) is 4.79 Å². The molecule has 5 rings (SSSR count). The smallest absolute Gasteiger partial charge is 0.225 e. The van der Waals surface area contributed by atoms with Crippen molar-refractivity contribution in [3.8, 4) is 12.3 Å². The summed E-state index contributed by atoms with van der Waals surface area (Å²) in [6, 6.07) is 7.83. The van der Waals surface area contributed by atoms with Crippen LogP contribution < -0.4 is 10.6 Å². The summed E-state index contributed by atoms with van der Waals surface area (Å²) in [5.74, 6) is 4.28. The van der Waals surface area contributed by atoms with Crippen molar-refractivity contribution in [2.45, 2.75) is 44.6 Å². The second kappa shape index (κ2) is 9.41. The zero-order chi connectivity index (χ0) is 22.6. The monoisotopic (exact) mass is 441 g/mol. The van der Waals surface area contributed by atoms with Crippen molar-refractivity contribution in [2.75, 3.05) is 23.7 Å². The number of nitrogens with zero attached hydrogens (tertiary/aromatic N) is 5. The molecule has 8 heteroatoms. The highest BCUT2D eigenvalue weighted by Gasteiger charge is 2.30. The van der Waals surface area contributed by atoms with Crippen molar-refractivity contribution < 1.29 is 4.79 Å². The summed E-state index contributed by atoms with van der Waals surface area (Å²) in [5.41, 5.74) is 2.92. The van der Waals surface area contributed by atoms with E-state index in [1.54, 1.807) is 6.20 Å². The highest BCUT2D eigenvalue weighted by molar-refractivity contribution is 5.87.